The van der Waals surface area contributed by atoms with Crippen LogP contribution in [0.25, 0.3) is 23.0 Å². The van der Waals surface area contributed by atoms with Crippen LogP contribution in [0, 0.1) is 18.3 Å². The van der Waals surface area contributed by atoms with E-state index in [2.05, 4.69) is 0 Å². The molecule has 0 unspecified atom stereocenters. The highest BCUT2D eigenvalue weighted by Gasteiger charge is 2.35. The van der Waals surface area contributed by atoms with Crippen LogP contribution in [-0.4, -0.2) is 39.6 Å². The second kappa shape index (κ2) is 11.9. The lowest BCUT2D eigenvalue weighted by Crippen LogP contribution is -2.43. The Balaban J connectivity index is 1.61. The molecule has 0 radical (unpaired) electrons. The number of amides is 2. The summed E-state index contributed by atoms with van der Waals surface area (Å²) in [4.78, 5) is 28.1. The molecule has 4 aromatic rings. The van der Waals surface area contributed by atoms with Crippen molar-refractivity contribution in [2.24, 2.45) is 0 Å². The predicted molar refractivity (Wildman–Crippen MR) is 158 cm³/mol. The molecule has 2 amide bonds. The summed E-state index contributed by atoms with van der Waals surface area (Å²) in [6.07, 6.45) is 4.09. The fourth-order valence-electron chi connectivity index (χ4n) is 4.92. The van der Waals surface area contributed by atoms with Crippen molar-refractivity contribution in [3.63, 3.8) is 0 Å². The summed E-state index contributed by atoms with van der Waals surface area (Å²) in [5, 5.41) is 14.8. The van der Waals surface area contributed by atoms with Crippen LogP contribution in [0.2, 0.25) is 0 Å². The molecule has 1 aliphatic heterocycles. The number of nitrogens with zero attached hydrogens (tertiary/aromatic N) is 4. The molecule has 2 heterocycles. The molecule has 5 rings (SSSR count). The van der Waals surface area contributed by atoms with E-state index >= 15 is 0 Å². The van der Waals surface area contributed by atoms with Crippen molar-refractivity contribution in [3.05, 3.63) is 118 Å². The van der Waals surface area contributed by atoms with Crippen LogP contribution in [0.4, 0.5) is 0 Å². The average Bonchev–Trinajstić information content (AvgIpc) is 3.41. The number of hydrogen-bond acceptors (Lipinski definition) is 5. The van der Waals surface area contributed by atoms with Gasteiger partial charge in [-0.1, -0.05) is 48.5 Å². The second-order valence-electron chi connectivity index (χ2n) is 9.79. The highest BCUT2D eigenvalue weighted by Crippen LogP contribution is 2.33. The molecule has 1 aromatic heterocycles. The zero-order valence-electron chi connectivity index (χ0n) is 23.3. The molecule has 7 heteroatoms. The molecule has 204 valence electrons. The molecule has 0 spiro atoms. The second-order valence-corrected chi connectivity index (χ2v) is 9.79. The number of imide groups is 1. The van der Waals surface area contributed by atoms with Gasteiger partial charge in [0, 0.05) is 29.4 Å². The lowest BCUT2D eigenvalue weighted by Gasteiger charge is -2.27. The molecule has 0 atom stereocenters. The van der Waals surface area contributed by atoms with E-state index < -0.39 is 11.8 Å². The topological polar surface area (TPSA) is 88.2 Å². The van der Waals surface area contributed by atoms with Gasteiger partial charge < -0.3 is 4.74 Å². The minimum atomic E-state index is -0.564. The molecular formula is C34H30N4O3. The molecule has 0 aliphatic carbocycles. The number of hydrogen-bond donors (Lipinski definition) is 0. The number of rotatable bonds is 8. The molecule has 7 nitrogen and oxygen atoms in total. The van der Waals surface area contributed by atoms with E-state index in [1.54, 1.807) is 17.7 Å². The van der Waals surface area contributed by atoms with Gasteiger partial charge in [-0.05, 0) is 80.3 Å². The number of carbonyl (C=O) groups excluding carboxylic acids is 2. The van der Waals surface area contributed by atoms with Gasteiger partial charge in [0.05, 0.1) is 18.0 Å². The van der Waals surface area contributed by atoms with Crippen molar-refractivity contribution in [3.8, 4) is 28.8 Å². The lowest BCUT2D eigenvalue weighted by atomic mass is 9.93. The van der Waals surface area contributed by atoms with Gasteiger partial charge in [-0.3, -0.25) is 14.5 Å². The summed E-state index contributed by atoms with van der Waals surface area (Å²) in [6.45, 7) is 6.31. The Labute approximate surface area is 239 Å². The summed E-state index contributed by atoms with van der Waals surface area (Å²) >= 11 is 0. The van der Waals surface area contributed by atoms with Crippen LogP contribution in [0.15, 0.2) is 102 Å². The number of benzene rings is 3. The van der Waals surface area contributed by atoms with Gasteiger partial charge in [-0.15, -0.1) is 0 Å². The maximum absolute atomic E-state index is 13.8. The Bertz CT molecular complexity index is 1710. The van der Waals surface area contributed by atoms with Gasteiger partial charge in [0.25, 0.3) is 11.8 Å². The van der Waals surface area contributed by atoms with Crippen LogP contribution in [0.1, 0.15) is 30.5 Å². The monoisotopic (exact) mass is 542 g/mol. The molecule has 0 N–H and O–H groups in total. The van der Waals surface area contributed by atoms with E-state index in [4.69, 9.17) is 9.84 Å². The normalized spacial score (nSPS) is 14.5. The Hall–Kier alpha value is -5.22. The van der Waals surface area contributed by atoms with Gasteiger partial charge in [0.1, 0.15) is 17.4 Å². The van der Waals surface area contributed by atoms with Gasteiger partial charge in [-0.25, -0.2) is 4.68 Å². The third-order valence-corrected chi connectivity index (χ3v) is 7.10. The number of ether oxygens (including phenoxy) is 1. The summed E-state index contributed by atoms with van der Waals surface area (Å²) in [6, 6.07) is 27.3. The first-order valence-electron chi connectivity index (χ1n) is 13.5. The van der Waals surface area contributed by atoms with Crippen LogP contribution < -0.4 is 4.74 Å². The Morgan fingerprint density at radius 1 is 0.951 bits per heavy atom. The molecule has 1 aliphatic rings. The minimum Gasteiger partial charge on any atom is -0.494 e. The van der Waals surface area contributed by atoms with Gasteiger partial charge >= 0.3 is 0 Å². The van der Waals surface area contributed by atoms with Crippen molar-refractivity contribution < 1.29 is 14.3 Å². The molecular weight excluding hydrogens is 512 g/mol. The van der Waals surface area contributed by atoms with Gasteiger partial charge in [0.2, 0.25) is 0 Å². The number of aryl methyl sites for hydroxylation is 1. The van der Waals surface area contributed by atoms with E-state index in [1.165, 1.54) is 4.90 Å². The lowest BCUT2D eigenvalue weighted by molar-refractivity contribution is -0.140. The van der Waals surface area contributed by atoms with E-state index in [0.717, 1.165) is 28.1 Å². The maximum Gasteiger partial charge on any atom is 0.271 e. The highest BCUT2D eigenvalue weighted by molar-refractivity contribution is 6.19. The number of aromatic nitrogens is 2. The van der Waals surface area contributed by atoms with Crippen molar-refractivity contribution in [1.82, 2.24) is 14.7 Å². The Kier molecular flexibility index (Phi) is 7.93. The number of carbonyl (C=O) groups is 2. The summed E-state index contributed by atoms with van der Waals surface area (Å²) in [7, 11) is 0. The first-order chi connectivity index (χ1) is 19.9. The first-order valence-corrected chi connectivity index (χ1v) is 13.5. The predicted octanol–water partition coefficient (Wildman–Crippen LogP) is 6.08. The van der Waals surface area contributed by atoms with Crippen LogP contribution in [-0.2, 0) is 16.0 Å². The molecule has 0 saturated heterocycles. The largest absolute Gasteiger partial charge is 0.494 e. The molecule has 0 bridgehead atoms. The van der Waals surface area contributed by atoms with E-state index in [-0.39, 0.29) is 12.1 Å². The smallest absolute Gasteiger partial charge is 0.271 e. The zero-order chi connectivity index (χ0) is 28.9. The van der Waals surface area contributed by atoms with Crippen LogP contribution in [0.3, 0.4) is 0 Å². The van der Waals surface area contributed by atoms with Crippen molar-refractivity contribution in [1.29, 1.82) is 5.26 Å². The Morgan fingerprint density at radius 3 is 2.32 bits per heavy atom. The average molecular weight is 543 g/mol. The third kappa shape index (κ3) is 5.59. The molecule has 0 saturated carbocycles. The zero-order valence-corrected chi connectivity index (χ0v) is 23.3. The minimum absolute atomic E-state index is 0.0298. The third-order valence-electron chi connectivity index (χ3n) is 7.10. The van der Waals surface area contributed by atoms with E-state index in [9.17, 15) is 14.9 Å². The molecule has 3 aromatic carbocycles. The van der Waals surface area contributed by atoms with Crippen molar-refractivity contribution in [2.45, 2.75) is 27.2 Å². The van der Waals surface area contributed by atoms with E-state index in [1.807, 2.05) is 105 Å². The fourth-order valence-corrected chi connectivity index (χ4v) is 4.92. The quantitative estimate of drug-likeness (QED) is 0.199. The molecule has 0 fully saturated rings. The highest BCUT2D eigenvalue weighted by atomic mass is 16.5. The maximum atomic E-state index is 13.8. The SMILES string of the molecule is CCOc1ccc(-c2nn(-c3ccccc3)cc2/C=C2/C(=O)N(CCc3ccccc3)C(=O)C(C#N)=C2C)cc1C. The summed E-state index contributed by atoms with van der Waals surface area (Å²) in [5.74, 6) is -0.194. The number of para-hydroxylation sites is 1. The fraction of sp³-hybridized carbons (Fsp3) is 0.176. The summed E-state index contributed by atoms with van der Waals surface area (Å²) < 4.78 is 7.49. The number of nitriles is 1. The summed E-state index contributed by atoms with van der Waals surface area (Å²) in [5.41, 5.74) is 5.67. The van der Waals surface area contributed by atoms with Crippen molar-refractivity contribution in [2.75, 3.05) is 13.2 Å². The van der Waals surface area contributed by atoms with Crippen LogP contribution >= 0.6 is 0 Å². The Morgan fingerprint density at radius 2 is 1.66 bits per heavy atom. The standard InChI is InChI=1S/C34H30N4O3/c1-4-41-31-16-15-26(19-23(31)2)32-27(22-38(36-32)28-13-9-6-10-14-28)20-29-24(3)30(21-35)34(40)37(33(29)39)18-17-25-11-7-5-8-12-25/h5-16,19-20,22H,4,17-18H2,1-3H3/b29-20+. The molecule has 41 heavy (non-hydrogen) atoms. The van der Waals surface area contributed by atoms with Gasteiger partial charge in [-0.2, -0.15) is 10.4 Å². The van der Waals surface area contributed by atoms with Gasteiger partial charge in [0.15, 0.2) is 0 Å². The first kappa shape index (κ1) is 27.4. The van der Waals surface area contributed by atoms with Crippen molar-refractivity contribution >= 4 is 17.9 Å². The van der Waals surface area contributed by atoms with E-state index in [0.29, 0.717) is 35.4 Å². The van der Waals surface area contributed by atoms with Crippen LogP contribution in [0.5, 0.6) is 5.75 Å².